The molecule has 4 nitrogen and oxygen atoms in total. The van der Waals surface area contributed by atoms with Crippen LogP contribution in [-0.4, -0.2) is 36.4 Å². The van der Waals surface area contributed by atoms with E-state index in [4.69, 9.17) is 0 Å². The number of likely N-dealkylation sites (N-methyl/N-ethyl adjacent to an activating group) is 1. The predicted molar refractivity (Wildman–Crippen MR) is 77.3 cm³/mol. The summed E-state index contributed by atoms with van der Waals surface area (Å²) in [7, 11) is 3.94. The lowest BCUT2D eigenvalue weighted by atomic mass is 10.2. The van der Waals surface area contributed by atoms with Crippen molar-refractivity contribution >= 4 is 17.2 Å². The molecule has 0 fully saturated rings. The molecule has 1 unspecified atom stereocenters. The molecule has 0 saturated carbocycles. The SMILES string of the molecule is CN(C)C(CNC(=O)c1ccc(F)nc1)c1cccs1. The van der Waals surface area contributed by atoms with E-state index < -0.39 is 5.95 Å². The summed E-state index contributed by atoms with van der Waals surface area (Å²) in [5.41, 5.74) is 0.357. The van der Waals surface area contributed by atoms with Gasteiger partial charge < -0.3 is 10.2 Å². The van der Waals surface area contributed by atoms with Crippen LogP contribution in [0.25, 0.3) is 0 Å². The highest BCUT2D eigenvalue weighted by molar-refractivity contribution is 7.10. The number of thiophene rings is 1. The van der Waals surface area contributed by atoms with Gasteiger partial charge in [0.05, 0.1) is 11.6 Å². The number of carbonyl (C=O) groups excluding carboxylic acids is 1. The van der Waals surface area contributed by atoms with Gasteiger partial charge in [0.2, 0.25) is 5.95 Å². The van der Waals surface area contributed by atoms with Crippen LogP contribution in [0, 0.1) is 5.95 Å². The Balaban J connectivity index is 1.99. The third-order valence-corrected chi connectivity index (χ3v) is 3.91. The molecule has 0 radical (unpaired) electrons. The number of amides is 1. The molecule has 0 aliphatic rings. The van der Waals surface area contributed by atoms with Crippen molar-refractivity contribution in [3.63, 3.8) is 0 Å². The molecule has 0 spiro atoms. The van der Waals surface area contributed by atoms with E-state index >= 15 is 0 Å². The van der Waals surface area contributed by atoms with Gasteiger partial charge in [0.25, 0.3) is 5.91 Å². The van der Waals surface area contributed by atoms with Gasteiger partial charge in [-0.05, 0) is 37.7 Å². The Morgan fingerprint density at radius 3 is 2.80 bits per heavy atom. The number of aromatic nitrogens is 1. The summed E-state index contributed by atoms with van der Waals surface area (Å²) < 4.78 is 12.7. The second kappa shape index (κ2) is 6.58. The van der Waals surface area contributed by atoms with Gasteiger partial charge in [0, 0.05) is 17.6 Å². The summed E-state index contributed by atoms with van der Waals surface area (Å²) in [6.07, 6.45) is 1.24. The predicted octanol–water partition coefficient (Wildman–Crippen LogP) is 2.31. The van der Waals surface area contributed by atoms with Crippen LogP contribution in [0.3, 0.4) is 0 Å². The maximum Gasteiger partial charge on any atom is 0.252 e. The Labute approximate surface area is 121 Å². The third kappa shape index (κ3) is 3.61. The highest BCUT2D eigenvalue weighted by Crippen LogP contribution is 2.22. The Kier molecular flexibility index (Phi) is 4.81. The normalized spacial score (nSPS) is 12.4. The number of pyridine rings is 1. The highest BCUT2D eigenvalue weighted by atomic mass is 32.1. The average Bonchev–Trinajstić information content (AvgIpc) is 2.93. The first-order valence-corrected chi connectivity index (χ1v) is 7.05. The Bertz CT molecular complexity index is 554. The molecule has 2 rings (SSSR count). The zero-order valence-electron chi connectivity index (χ0n) is 11.3. The molecule has 0 aliphatic carbocycles. The van der Waals surface area contributed by atoms with E-state index in [1.54, 1.807) is 11.3 Å². The molecule has 1 amide bonds. The fraction of sp³-hybridized carbons (Fsp3) is 0.286. The van der Waals surface area contributed by atoms with Crippen LogP contribution in [-0.2, 0) is 0 Å². The van der Waals surface area contributed by atoms with E-state index in [1.807, 2.05) is 31.6 Å². The zero-order valence-corrected chi connectivity index (χ0v) is 12.2. The van der Waals surface area contributed by atoms with Crippen molar-refractivity contribution in [2.45, 2.75) is 6.04 Å². The van der Waals surface area contributed by atoms with E-state index in [-0.39, 0.29) is 11.9 Å². The second-order valence-corrected chi connectivity index (χ2v) is 5.55. The Morgan fingerprint density at radius 1 is 1.45 bits per heavy atom. The smallest absolute Gasteiger partial charge is 0.252 e. The maximum atomic E-state index is 12.7. The van der Waals surface area contributed by atoms with Crippen LogP contribution in [0.5, 0.6) is 0 Å². The lowest BCUT2D eigenvalue weighted by Crippen LogP contribution is -2.34. The third-order valence-electron chi connectivity index (χ3n) is 2.94. The minimum atomic E-state index is -0.591. The molecule has 0 bridgehead atoms. The van der Waals surface area contributed by atoms with Crippen molar-refractivity contribution in [3.05, 3.63) is 52.2 Å². The van der Waals surface area contributed by atoms with E-state index in [0.29, 0.717) is 12.1 Å². The summed E-state index contributed by atoms with van der Waals surface area (Å²) >= 11 is 1.65. The van der Waals surface area contributed by atoms with E-state index in [2.05, 4.69) is 15.2 Å². The van der Waals surface area contributed by atoms with E-state index in [0.717, 1.165) is 0 Å². The van der Waals surface area contributed by atoms with Crippen LogP contribution in [0.1, 0.15) is 21.3 Å². The van der Waals surface area contributed by atoms with Gasteiger partial charge >= 0.3 is 0 Å². The first-order chi connectivity index (χ1) is 9.58. The fourth-order valence-corrected chi connectivity index (χ4v) is 2.74. The second-order valence-electron chi connectivity index (χ2n) is 4.57. The van der Waals surface area contributed by atoms with Gasteiger partial charge in [-0.3, -0.25) is 4.79 Å². The molecular weight excluding hydrogens is 277 g/mol. The van der Waals surface area contributed by atoms with Gasteiger partial charge in [-0.1, -0.05) is 6.07 Å². The first kappa shape index (κ1) is 14.6. The maximum absolute atomic E-state index is 12.7. The Hall–Kier alpha value is -1.79. The lowest BCUT2D eigenvalue weighted by molar-refractivity contribution is 0.0942. The summed E-state index contributed by atoms with van der Waals surface area (Å²) in [6, 6.07) is 6.75. The van der Waals surface area contributed by atoms with Crippen LogP contribution < -0.4 is 5.32 Å². The van der Waals surface area contributed by atoms with E-state index in [1.165, 1.54) is 23.2 Å². The summed E-state index contributed by atoms with van der Waals surface area (Å²) in [6.45, 7) is 0.490. The van der Waals surface area contributed by atoms with Crippen molar-refractivity contribution in [3.8, 4) is 0 Å². The number of hydrogen-bond acceptors (Lipinski definition) is 4. The van der Waals surface area contributed by atoms with Crippen LogP contribution in [0.15, 0.2) is 35.8 Å². The minimum Gasteiger partial charge on any atom is -0.350 e. The molecule has 1 N–H and O–H groups in total. The monoisotopic (exact) mass is 293 g/mol. The van der Waals surface area contributed by atoms with Crippen molar-refractivity contribution in [2.75, 3.05) is 20.6 Å². The van der Waals surface area contributed by atoms with Crippen LogP contribution in [0.4, 0.5) is 4.39 Å². The molecule has 2 aromatic rings. The number of carbonyl (C=O) groups is 1. The molecule has 20 heavy (non-hydrogen) atoms. The van der Waals surface area contributed by atoms with Gasteiger partial charge in [-0.25, -0.2) is 4.98 Å². The highest BCUT2D eigenvalue weighted by Gasteiger charge is 2.16. The fourth-order valence-electron chi connectivity index (χ4n) is 1.82. The standard InChI is InChI=1S/C14H16FN3OS/c1-18(2)11(12-4-3-7-20-12)9-17-14(19)10-5-6-13(15)16-8-10/h3-8,11H,9H2,1-2H3,(H,17,19). The van der Waals surface area contributed by atoms with Crippen LogP contribution >= 0.6 is 11.3 Å². The van der Waals surface area contributed by atoms with Crippen molar-refractivity contribution in [1.29, 1.82) is 0 Å². The molecule has 2 heterocycles. The number of nitrogens with one attached hydrogen (secondary N) is 1. The molecular formula is C14H16FN3OS. The molecule has 6 heteroatoms. The van der Waals surface area contributed by atoms with Crippen molar-refractivity contribution < 1.29 is 9.18 Å². The largest absolute Gasteiger partial charge is 0.350 e. The molecule has 1 atom stereocenters. The molecule has 0 aliphatic heterocycles. The summed E-state index contributed by atoms with van der Waals surface area (Å²) in [5, 5.41) is 4.86. The summed E-state index contributed by atoms with van der Waals surface area (Å²) in [4.78, 5) is 18.7. The number of nitrogens with zero attached hydrogens (tertiary/aromatic N) is 2. The minimum absolute atomic E-state index is 0.118. The molecule has 106 valence electrons. The van der Waals surface area contributed by atoms with Gasteiger partial charge in [-0.2, -0.15) is 4.39 Å². The summed E-state index contributed by atoms with van der Waals surface area (Å²) in [5.74, 6) is -0.841. The zero-order chi connectivity index (χ0) is 14.5. The topological polar surface area (TPSA) is 45.2 Å². The molecule has 0 aromatic carbocycles. The van der Waals surface area contributed by atoms with Crippen molar-refractivity contribution in [2.24, 2.45) is 0 Å². The van der Waals surface area contributed by atoms with Gasteiger partial charge in [0.1, 0.15) is 0 Å². The lowest BCUT2D eigenvalue weighted by Gasteiger charge is -2.23. The molecule has 0 saturated heterocycles. The average molecular weight is 293 g/mol. The van der Waals surface area contributed by atoms with E-state index in [9.17, 15) is 9.18 Å². The van der Waals surface area contributed by atoms with Crippen molar-refractivity contribution in [1.82, 2.24) is 15.2 Å². The number of rotatable bonds is 5. The van der Waals surface area contributed by atoms with Gasteiger partial charge in [-0.15, -0.1) is 11.3 Å². The van der Waals surface area contributed by atoms with Crippen LogP contribution in [0.2, 0.25) is 0 Å². The molecule has 2 aromatic heterocycles. The first-order valence-electron chi connectivity index (χ1n) is 6.17. The number of hydrogen-bond donors (Lipinski definition) is 1. The van der Waals surface area contributed by atoms with Gasteiger partial charge in [0.15, 0.2) is 0 Å². The quantitative estimate of drug-likeness (QED) is 0.861. The Morgan fingerprint density at radius 2 is 2.25 bits per heavy atom. The number of halogens is 1.